The van der Waals surface area contributed by atoms with Gasteiger partial charge in [-0.25, -0.2) is 13.2 Å². The van der Waals surface area contributed by atoms with Crippen molar-refractivity contribution in [3.8, 4) is 0 Å². The van der Waals surface area contributed by atoms with Gasteiger partial charge in [-0.3, -0.25) is 0 Å². The van der Waals surface area contributed by atoms with E-state index in [1.807, 2.05) is 11.8 Å². The van der Waals surface area contributed by atoms with Crippen molar-refractivity contribution in [3.63, 3.8) is 0 Å². The van der Waals surface area contributed by atoms with E-state index in [-0.39, 0.29) is 5.75 Å². The summed E-state index contributed by atoms with van der Waals surface area (Å²) in [7, 11) is -3.23. The van der Waals surface area contributed by atoms with Crippen LogP contribution in [0.15, 0.2) is 29.2 Å². The van der Waals surface area contributed by atoms with Gasteiger partial charge in [-0.2, -0.15) is 0 Å². The fourth-order valence-electron chi connectivity index (χ4n) is 2.82. The standard InChI is InChI=1S/C15H21NO4S/c1-3-11-21(19,20)13-7-5-12(6-8-13)16-10-4-9-15(16,2)14(17)18/h5-8H,3-4,9-11H2,1-2H3,(H,17,18). The van der Waals surface area contributed by atoms with Crippen LogP contribution in [0, 0.1) is 0 Å². The predicted octanol–water partition coefficient (Wildman–Crippen LogP) is 2.31. The van der Waals surface area contributed by atoms with E-state index in [9.17, 15) is 18.3 Å². The summed E-state index contributed by atoms with van der Waals surface area (Å²) >= 11 is 0. The van der Waals surface area contributed by atoms with Crippen molar-refractivity contribution in [1.82, 2.24) is 0 Å². The zero-order chi connectivity index (χ0) is 15.7. The average Bonchev–Trinajstić information content (AvgIpc) is 2.82. The molecule has 5 nitrogen and oxygen atoms in total. The lowest BCUT2D eigenvalue weighted by Crippen LogP contribution is -2.48. The molecule has 0 spiro atoms. The minimum Gasteiger partial charge on any atom is -0.480 e. The Kier molecular flexibility index (Phi) is 4.27. The molecule has 0 aromatic heterocycles. The summed E-state index contributed by atoms with van der Waals surface area (Å²) < 4.78 is 24.0. The number of benzene rings is 1. The van der Waals surface area contributed by atoms with Gasteiger partial charge in [-0.1, -0.05) is 6.92 Å². The second-order valence-electron chi connectivity index (χ2n) is 5.65. The molecule has 1 atom stereocenters. The maximum Gasteiger partial charge on any atom is 0.329 e. The van der Waals surface area contributed by atoms with Gasteiger partial charge in [0.25, 0.3) is 0 Å². The van der Waals surface area contributed by atoms with Crippen LogP contribution in [0.1, 0.15) is 33.1 Å². The third kappa shape index (κ3) is 2.90. The highest BCUT2D eigenvalue weighted by atomic mass is 32.2. The number of sulfone groups is 1. The van der Waals surface area contributed by atoms with Gasteiger partial charge in [0.2, 0.25) is 0 Å². The molecule has 1 aliphatic heterocycles. The van der Waals surface area contributed by atoms with Crippen LogP contribution in [0.25, 0.3) is 0 Å². The number of hydrogen-bond donors (Lipinski definition) is 1. The number of anilines is 1. The summed E-state index contributed by atoms with van der Waals surface area (Å²) in [6.45, 7) is 4.21. The Labute approximate surface area is 125 Å². The zero-order valence-corrected chi connectivity index (χ0v) is 13.2. The highest BCUT2D eigenvalue weighted by Gasteiger charge is 2.43. The molecule has 0 bridgehead atoms. The van der Waals surface area contributed by atoms with Gasteiger partial charge in [-0.05, 0) is 50.5 Å². The zero-order valence-electron chi connectivity index (χ0n) is 12.4. The lowest BCUT2D eigenvalue weighted by Gasteiger charge is -2.33. The average molecular weight is 311 g/mol. The molecule has 116 valence electrons. The number of carbonyl (C=O) groups is 1. The number of carboxylic acid groups (broad SMARTS) is 1. The monoisotopic (exact) mass is 311 g/mol. The van der Waals surface area contributed by atoms with E-state index in [0.717, 1.165) is 12.1 Å². The van der Waals surface area contributed by atoms with E-state index in [1.165, 1.54) is 0 Å². The Morgan fingerprint density at radius 3 is 2.48 bits per heavy atom. The minimum absolute atomic E-state index is 0.128. The third-order valence-electron chi connectivity index (χ3n) is 4.08. The van der Waals surface area contributed by atoms with Crippen LogP contribution in [0.2, 0.25) is 0 Å². The number of rotatable bonds is 5. The van der Waals surface area contributed by atoms with E-state index >= 15 is 0 Å². The van der Waals surface area contributed by atoms with Crippen LogP contribution >= 0.6 is 0 Å². The van der Waals surface area contributed by atoms with Crippen LogP contribution in [-0.4, -0.2) is 37.3 Å². The summed E-state index contributed by atoms with van der Waals surface area (Å²) in [5, 5.41) is 9.42. The first-order valence-electron chi connectivity index (χ1n) is 7.15. The second-order valence-corrected chi connectivity index (χ2v) is 7.76. The molecule has 1 aromatic rings. The fraction of sp³-hybridized carbons (Fsp3) is 0.533. The normalized spacial score (nSPS) is 22.5. The first-order chi connectivity index (χ1) is 9.81. The molecule has 2 rings (SSSR count). The molecule has 21 heavy (non-hydrogen) atoms. The summed E-state index contributed by atoms with van der Waals surface area (Å²) in [5.41, 5.74) is -0.156. The molecule has 6 heteroatoms. The van der Waals surface area contributed by atoms with E-state index in [0.29, 0.717) is 24.3 Å². The topological polar surface area (TPSA) is 74.7 Å². The molecule has 1 saturated heterocycles. The third-order valence-corrected chi connectivity index (χ3v) is 6.02. The van der Waals surface area contributed by atoms with Gasteiger partial charge in [0.05, 0.1) is 10.6 Å². The molecule has 1 heterocycles. The predicted molar refractivity (Wildman–Crippen MR) is 81.4 cm³/mol. The van der Waals surface area contributed by atoms with Gasteiger partial charge in [0.1, 0.15) is 5.54 Å². The van der Waals surface area contributed by atoms with Crippen LogP contribution in [0.3, 0.4) is 0 Å². The van der Waals surface area contributed by atoms with Crippen molar-refractivity contribution in [3.05, 3.63) is 24.3 Å². The maximum atomic E-state index is 12.0. The van der Waals surface area contributed by atoms with Crippen molar-refractivity contribution in [2.75, 3.05) is 17.2 Å². The number of nitrogens with zero attached hydrogens (tertiary/aromatic N) is 1. The second kappa shape index (κ2) is 5.67. The Balaban J connectivity index is 2.30. The Morgan fingerprint density at radius 2 is 1.95 bits per heavy atom. The van der Waals surface area contributed by atoms with Crippen molar-refractivity contribution in [1.29, 1.82) is 0 Å². The van der Waals surface area contributed by atoms with Crippen molar-refractivity contribution < 1.29 is 18.3 Å². The van der Waals surface area contributed by atoms with Gasteiger partial charge in [0.15, 0.2) is 9.84 Å². The van der Waals surface area contributed by atoms with E-state index in [2.05, 4.69) is 0 Å². The highest BCUT2D eigenvalue weighted by Crippen LogP contribution is 2.34. The van der Waals surface area contributed by atoms with Gasteiger partial charge in [0, 0.05) is 12.2 Å². The molecule has 0 saturated carbocycles. The first-order valence-corrected chi connectivity index (χ1v) is 8.80. The van der Waals surface area contributed by atoms with Crippen molar-refractivity contribution in [2.45, 2.75) is 43.5 Å². The van der Waals surface area contributed by atoms with Crippen molar-refractivity contribution >= 4 is 21.5 Å². The molecule has 1 N–H and O–H groups in total. The summed E-state index contributed by atoms with van der Waals surface area (Å²) in [5.74, 6) is -0.717. The molecular weight excluding hydrogens is 290 g/mol. The molecule has 1 unspecified atom stereocenters. The molecule has 1 aromatic carbocycles. The molecule has 0 aliphatic carbocycles. The molecule has 0 radical (unpaired) electrons. The quantitative estimate of drug-likeness (QED) is 0.903. The molecule has 1 fully saturated rings. The Morgan fingerprint density at radius 1 is 1.33 bits per heavy atom. The van der Waals surface area contributed by atoms with E-state index in [4.69, 9.17) is 0 Å². The molecule has 0 amide bonds. The van der Waals surface area contributed by atoms with E-state index < -0.39 is 21.3 Å². The van der Waals surface area contributed by atoms with Gasteiger partial charge < -0.3 is 10.0 Å². The minimum atomic E-state index is -3.23. The number of hydrogen-bond acceptors (Lipinski definition) is 4. The summed E-state index contributed by atoms with van der Waals surface area (Å²) in [4.78, 5) is 13.6. The first kappa shape index (κ1) is 15.8. The van der Waals surface area contributed by atoms with Crippen LogP contribution < -0.4 is 4.90 Å². The Bertz CT molecular complexity index is 624. The van der Waals surface area contributed by atoms with E-state index in [1.54, 1.807) is 31.2 Å². The number of carboxylic acids is 1. The van der Waals surface area contributed by atoms with Crippen LogP contribution in [0.4, 0.5) is 5.69 Å². The molecule has 1 aliphatic rings. The Hall–Kier alpha value is -1.56. The van der Waals surface area contributed by atoms with Crippen molar-refractivity contribution in [2.24, 2.45) is 0 Å². The highest BCUT2D eigenvalue weighted by molar-refractivity contribution is 7.91. The van der Waals surface area contributed by atoms with Crippen LogP contribution in [-0.2, 0) is 14.6 Å². The number of aliphatic carboxylic acids is 1. The van der Waals surface area contributed by atoms with Gasteiger partial charge in [-0.15, -0.1) is 0 Å². The maximum absolute atomic E-state index is 12.0. The summed E-state index contributed by atoms with van der Waals surface area (Å²) in [6, 6.07) is 6.55. The van der Waals surface area contributed by atoms with Gasteiger partial charge >= 0.3 is 5.97 Å². The van der Waals surface area contributed by atoms with Crippen LogP contribution in [0.5, 0.6) is 0 Å². The lowest BCUT2D eigenvalue weighted by atomic mass is 9.99. The fourth-order valence-corrected chi connectivity index (χ4v) is 4.14. The lowest BCUT2D eigenvalue weighted by molar-refractivity contribution is -0.142. The molecular formula is C15H21NO4S. The SMILES string of the molecule is CCCS(=O)(=O)c1ccc(N2CCCC2(C)C(=O)O)cc1. The smallest absolute Gasteiger partial charge is 0.329 e. The largest absolute Gasteiger partial charge is 0.480 e. The summed E-state index contributed by atoms with van der Waals surface area (Å²) in [6.07, 6.45) is 1.99.